The van der Waals surface area contributed by atoms with Gasteiger partial charge < -0.3 is 44.6 Å². The van der Waals surface area contributed by atoms with Crippen LogP contribution in [0.3, 0.4) is 0 Å². The van der Waals surface area contributed by atoms with E-state index in [0.29, 0.717) is 11.2 Å². The molecule has 1 saturated heterocycles. The van der Waals surface area contributed by atoms with Crippen LogP contribution in [0.5, 0.6) is 0 Å². The summed E-state index contributed by atoms with van der Waals surface area (Å²) in [5.74, 6) is 0.582. The number of nitrogens with one attached hydrogen (secondary N) is 2. The van der Waals surface area contributed by atoms with Crippen molar-refractivity contribution in [1.82, 2.24) is 40.4 Å². The Labute approximate surface area is 224 Å². The van der Waals surface area contributed by atoms with E-state index in [1.54, 1.807) is 0 Å². The van der Waals surface area contributed by atoms with Crippen LogP contribution in [0.1, 0.15) is 31.3 Å². The van der Waals surface area contributed by atoms with Crippen LogP contribution >= 0.6 is 19.2 Å². The predicted molar refractivity (Wildman–Crippen MR) is 129 cm³/mol. The van der Waals surface area contributed by atoms with Gasteiger partial charge in [-0.3, -0.25) is 4.57 Å². The Morgan fingerprint density at radius 1 is 1.28 bits per heavy atom. The van der Waals surface area contributed by atoms with Crippen molar-refractivity contribution < 1.29 is 43.9 Å². The molecule has 3 aromatic heterocycles. The van der Waals surface area contributed by atoms with Crippen LogP contribution in [0.15, 0.2) is 6.20 Å². The van der Waals surface area contributed by atoms with Gasteiger partial charge in [0, 0.05) is 6.04 Å². The maximum absolute atomic E-state index is 12.3. The number of fused-ring (bicyclic) bond motifs is 1. The van der Waals surface area contributed by atoms with Crippen molar-refractivity contribution in [3.05, 3.63) is 17.3 Å². The SMILES string of the molecule is O=P(O)(O)C(CO)(COCc1nn[nH]n1)OC[C@H]1O[C@@H](n2ncc3c(NC4CCC4)nc(Cl)nc32)[C@H](O)[C@@H]1O. The van der Waals surface area contributed by atoms with Gasteiger partial charge in [-0.2, -0.15) is 20.3 Å². The van der Waals surface area contributed by atoms with Crippen LogP contribution in [-0.4, -0.2) is 115 Å². The van der Waals surface area contributed by atoms with Gasteiger partial charge >= 0.3 is 7.60 Å². The number of ether oxygens (including phenoxy) is 3. The van der Waals surface area contributed by atoms with Crippen molar-refractivity contribution in [2.45, 2.75) is 61.8 Å². The van der Waals surface area contributed by atoms with Gasteiger partial charge in [-0.05, 0) is 30.9 Å². The van der Waals surface area contributed by atoms with Gasteiger partial charge in [0.1, 0.15) is 30.7 Å². The van der Waals surface area contributed by atoms with Gasteiger partial charge in [-0.1, -0.05) is 5.21 Å². The average Bonchev–Trinajstić information content (AvgIpc) is 3.59. The third-order valence-corrected chi connectivity index (χ3v) is 8.32. The van der Waals surface area contributed by atoms with Gasteiger partial charge in [-0.15, -0.1) is 10.2 Å². The molecule has 2 aliphatic rings. The van der Waals surface area contributed by atoms with Crippen molar-refractivity contribution in [3.8, 4) is 0 Å². The average molecular weight is 592 g/mol. The lowest BCUT2D eigenvalue weighted by molar-refractivity contribution is -0.131. The summed E-state index contributed by atoms with van der Waals surface area (Å²) >= 11 is 6.13. The van der Waals surface area contributed by atoms with Crippen molar-refractivity contribution >= 4 is 36.0 Å². The first-order valence-electron chi connectivity index (χ1n) is 11.9. The molecule has 1 aliphatic heterocycles. The summed E-state index contributed by atoms with van der Waals surface area (Å²) in [6.07, 6.45) is -1.04. The minimum atomic E-state index is -5.14. The van der Waals surface area contributed by atoms with Gasteiger partial charge in [-0.25, -0.2) is 4.68 Å². The van der Waals surface area contributed by atoms with Crippen molar-refractivity contribution in [2.24, 2.45) is 0 Å². The largest absolute Gasteiger partial charge is 0.393 e. The summed E-state index contributed by atoms with van der Waals surface area (Å²) in [5, 5.41) is 49.7. The van der Waals surface area contributed by atoms with Crippen molar-refractivity contribution in [3.63, 3.8) is 0 Å². The lowest BCUT2D eigenvalue weighted by Gasteiger charge is -2.33. The molecule has 214 valence electrons. The molecule has 1 saturated carbocycles. The van der Waals surface area contributed by atoms with Crippen LogP contribution in [0.4, 0.5) is 5.82 Å². The number of aliphatic hydroxyl groups excluding tert-OH is 3. The molecule has 7 N–H and O–H groups in total. The second-order valence-electron chi connectivity index (χ2n) is 9.27. The Bertz CT molecular complexity index is 1320. The number of anilines is 1. The number of tetrazole rings is 1. The fourth-order valence-corrected chi connectivity index (χ4v) is 5.04. The highest BCUT2D eigenvalue weighted by atomic mass is 35.5. The third-order valence-electron chi connectivity index (χ3n) is 6.69. The third kappa shape index (κ3) is 5.62. The smallest absolute Gasteiger partial charge is 0.361 e. The molecule has 0 spiro atoms. The van der Waals surface area contributed by atoms with Crippen LogP contribution in [0.25, 0.3) is 11.0 Å². The zero-order valence-corrected chi connectivity index (χ0v) is 21.9. The van der Waals surface area contributed by atoms with Crippen LogP contribution in [-0.2, 0) is 25.4 Å². The summed E-state index contributed by atoms with van der Waals surface area (Å²) in [6.45, 7) is -2.80. The highest BCUT2D eigenvalue weighted by molar-refractivity contribution is 7.53. The summed E-state index contributed by atoms with van der Waals surface area (Å²) in [4.78, 5) is 28.3. The van der Waals surface area contributed by atoms with E-state index in [2.05, 4.69) is 41.0 Å². The molecular formula is C19H27ClN9O9P. The Kier molecular flexibility index (Phi) is 8.12. The number of aromatic amines is 1. The molecule has 18 nitrogen and oxygen atoms in total. The lowest BCUT2D eigenvalue weighted by atomic mass is 9.93. The standard InChI is InChI=1S/C19H27ClN9O9P/c20-18-23-15(22-9-2-1-3-9)10-4-21-29(16(10)24-18)17-14(32)13(31)11(38-17)5-37-19(7-30,39(33,34)35)8-36-6-12-25-27-28-26-12/h4,9,11,13-14,17,30-32H,1-3,5-8H2,(H,22,23,24)(H2,33,34,35)(H,25,26,27,28)/t11-,13-,14-,17-,19?/m1/s1. The van der Waals surface area contributed by atoms with E-state index in [-0.39, 0.29) is 29.4 Å². The topological polar surface area (TPSA) is 256 Å². The number of halogens is 1. The fraction of sp³-hybridized carbons (Fsp3) is 0.684. The molecule has 0 aromatic carbocycles. The molecule has 0 bridgehead atoms. The maximum atomic E-state index is 12.3. The molecule has 5 rings (SSSR count). The molecule has 0 amide bonds. The van der Waals surface area contributed by atoms with E-state index in [4.69, 9.17) is 25.8 Å². The second-order valence-corrected chi connectivity index (χ2v) is 11.5. The molecule has 39 heavy (non-hydrogen) atoms. The first-order chi connectivity index (χ1) is 18.6. The minimum Gasteiger partial charge on any atom is -0.393 e. The molecule has 2 fully saturated rings. The quantitative estimate of drug-likeness (QED) is 0.0951. The first-order valence-corrected chi connectivity index (χ1v) is 13.9. The number of aromatic nitrogens is 8. The van der Waals surface area contributed by atoms with E-state index in [0.717, 1.165) is 19.3 Å². The van der Waals surface area contributed by atoms with E-state index in [9.17, 15) is 29.7 Å². The molecule has 1 aliphatic carbocycles. The number of hydrogen-bond donors (Lipinski definition) is 7. The molecule has 0 radical (unpaired) electrons. The summed E-state index contributed by atoms with van der Waals surface area (Å²) < 4.78 is 30.0. The molecule has 5 atom stereocenters. The van der Waals surface area contributed by atoms with E-state index >= 15 is 0 Å². The van der Waals surface area contributed by atoms with Crippen molar-refractivity contribution in [1.29, 1.82) is 0 Å². The number of aliphatic hydroxyl groups is 3. The van der Waals surface area contributed by atoms with Crippen LogP contribution < -0.4 is 5.32 Å². The van der Waals surface area contributed by atoms with Crippen LogP contribution in [0, 0.1) is 0 Å². The number of hydrogen-bond acceptors (Lipinski definition) is 14. The van der Waals surface area contributed by atoms with Gasteiger partial charge in [0.2, 0.25) is 10.6 Å². The van der Waals surface area contributed by atoms with E-state index < -0.39 is 57.3 Å². The summed E-state index contributed by atoms with van der Waals surface area (Å²) in [7, 11) is -5.14. The Hall–Kier alpha value is -2.38. The van der Waals surface area contributed by atoms with Gasteiger partial charge in [0.25, 0.3) is 0 Å². The predicted octanol–water partition coefficient (Wildman–Crippen LogP) is -1.32. The fourth-order valence-electron chi connectivity index (χ4n) is 4.19. The monoisotopic (exact) mass is 591 g/mol. The Balaban J connectivity index is 1.31. The van der Waals surface area contributed by atoms with E-state index in [1.807, 2.05) is 0 Å². The zero-order valence-electron chi connectivity index (χ0n) is 20.2. The minimum absolute atomic E-state index is 0.0609. The Morgan fingerprint density at radius 3 is 2.72 bits per heavy atom. The van der Waals surface area contributed by atoms with Gasteiger partial charge in [0.15, 0.2) is 17.7 Å². The summed E-state index contributed by atoms with van der Waals surface area (Å²) in [6, 6.07) is 0.246. The van der Waals surface area contributed by atoms with Crippen LogP contribution in [0.2, 0.25) is 5.28 Å². The lowest BCUT2D eigenvalue weighted by Crippen LogP contribution is -2.45. The zero-order chi connectivity index (χ0) is 27.8. The molecule has 4 heterocycles. The first kappa shape index (κ1) is 28.2. The number of nitrogens with zero attached hydrogens (tertiary/aromatic N) is 7. The normalized spacial score (nSPS) is 25.6. The maximum Gasteiger partial charge on any atom is 0.361 e. The molecule has 1 unspecified atom stereocenters. The Morgan fingerprint density at radius 2 is 2.08 bits per heavy atom. The molecule has 20 heteroatoms. The second kappa shape index (κ2) is 11.2. The van der Waals surface area contributed by atoms with Crippen molar-refractivity contribution in [2.75, 3.05) is 25.1 Å². The summed E-state index contributed by atoms with van der Waals surface area (Å²) in [5.41, 5.74) is 0.240. The highest BCUT2D eigenvalue weighted by Crippen LogP contribution is 2.51. The number of rotatable bonds is 12. The van der Waals surface area contributed by atoms with Gasteiger partial charge in [0.05, 0.1) is 31.4 Å². The number of H-pyrrole nitrogens is 1. The highest BCUT2D eigenvalue weighted by Gasteiger charge is 2.51. The molecular weight excluding hydrogens is 565 g/mol. The van der Waals surface area contributed by atoms with E-state index in [1.165, 1.54) is 10.9 Å². The molecule has 3 aromatic rings.